The van der Waals surface area contributed by atoms with Crippen LogP contribution in [0.3, 0.4) is 0 Å². The Labute approximate surface area is 175 Å². The van der Waals surface area contributed by atoms with Gasteiger partial charge in [0.1, 0.15) is 5.65 Å². The molecule has 0 spiro atoms. The van der Waals surface area contributed by atoms with Gasteiger partial charge in [-0.15, -0.1) is 0 Å². The van der Waals surface area contributed by atoms with Crippen molar-refractivity contribution in [3.8, 4) is 17.0 Å². The van der Waals surface area contributed by atoms with E-state index in [-0.39, 0.29) is 27.5 Å². The molecule has 10 heteroatoms. The largest absolute Gasteiger partial charge is 0.417 e. The molecule has 0 saturated heterocycles. The molecular formula is C21H16F3N3O3S. The minimum atomic E-state index is -4.64. The Morgan fingerprint density at radius 2 is 1.71 bits per heavy atom. The van der Waals surface area contributed by atoms with Crippen LogP contribution in [0.4, 0.5) is 13.2 Å². The van der Waals surface area contributed by atoms with E-state index in [4.69, 9.17) is 4.84 Å². The molecule has 0 fully saturated rings. The summed E-state index contributed by atoms with van der Waals surface area (Å²) < 4.78 is 67.6. The normalized spacial score (nSPS) is 12.3. The predicted octanol–water partition coefficient (Wildman–Crippen LogP) is 4.60. The third kappa shape index (κ3) is 3.99. The summed E-state index contributed by atoms with van der Waals surface area (Å²) in [7, 11) is -4.03. The standard InChI is InChI=1S/C21H16F3N3O3S/c1-14-18(30-26-31(28,29)15-7-3-2-4-8-15)11-10-16(21(22,23)24)20(14)17-13-25-19-9-5-6-12-27(17)19/h2-13,26H,1H3. The molecule has 0 radical (unpaired) electrons. The van der Waals surface area contributed by atoms with E-state index >= 15 is 0 Å². The number of pyridine rings is 1. The van der Waals surface area contributed by atoms with E-state index in [1.54, 1.807) is 42.6 Å². The zero-order chi connectivity index (χ0) is 22.2. The second-order valence-electron chi connectivity index (χ2n) is 6.68. The fraction of sp³-hybridized carbons (Fsp3) is 0.0952. The Hall–Kier alpha value is -3.37. The van der Waals surface area contributed by atoms with Gasteiger partial charge in [-0.2, -0.15) is 13.2 Å². The van der Waals surface area contributed by atoms with Crippen LogP contribution < -0.4 is 9.72 Å². The maximum atomic E-state index is 13.8. The molecule has 2 heterocycles. The van der Waals surface area contributed by atoms with Crippen LogP contribution >= 0.6 is 0 Å². The van der Waals surface area contributed by atoms with E-state index in [1.165, 1.54) is 29.7 Å². The number of alkyl halides is 3. The molecule has 6 nitrogen and oxygen atoms in total. The molecule has 2 aromatic carbocycles. The Balaban J connectivity index is 1.79. The van der Waals surface area contributed by atoms with Crippen molar-refractivity contribution in [2.75, 3.05) is 0 Å². The van der Waals surface area contributed by atoms with Crippen LogP contribution in [0, 0.1) is 6.92 Å². The number of sulfonamides is 1. The highest BCUT2D eigenvalue weighted by atomic mass is 32.2. The molecule has 0 aliphatic heterocycles. The second-order valence-corrected chi connectivity index (χ2v) is 8.33. The highest BCUT2D eigenvalue weighted by molar-refractivity contribution is 7.89. The Morgan fingerprint density at radius 3 is 2.42 bits per heavy atom. The number of fused-ring (bicyclic) bond motifs is 1. The van der Waals surface area contributed by atoms with E-state index in [1.807, 2.05) is 4.89 Å². The van der Waals surface area contributed by atoms with E-state index in [9.17, 15) is 21.6 Å². The van der Waals surface area contributed by atoms with Crippen molar-refractivity contribution < 1.29 is 26.4 Å². The zero-order valence-corrected chi connectivity index (χ0v) is 16.9. The van der Waals surface area contributed by atoms with Crippen molar-refractivity contribution in [3.05, 3.63) is 84.2 Å². The number of nitrogens with zero attached hydrogens (tertiary/aromatic N) is 2. The molecule has 0 aliphatic carbocycles. The zero-order valence-electron chi connectivity index (χ0n) is 16.1. The van der Waals surface area contributed by atoms with Crippen molar-refractivity contribution in [3.63, 3.8) is 0 Å². The van der Waals surface area contributed by atoms with Gasteiger partial charge in [0.15, 0.2) is 5.75 Å². The maximum Gasteiger partial charge on any atom is 0.417 e. The number of benzene rings is 2. The quantitative estimate of drug-likeness (QED) is 0.454. The molecule has 2 aromatic heterocycles. The first-order valence-electron chi connectivity index (χ1n) is 9.05. The monoisotopic (exact) mass is 447 g/mol. The van der Waals surface area contributed by atoms with Gasteiger partial charge in [0.25, 0.3) is 10.0 Å². The highest BCUT2D eigenvalue weighted by Crippen LogP contribution is 2.42. The first kappa shape index (κ1) is 20.9. The molecule has 0 atom stereocenters. The molecule has 0 bridgehead atoms. The third-order valence-electron chi connectivity index (χ3n) is 4.71. The van der Waals surface area contributed by atoms with E-state index < -0.39 is 21.8 Å². The van der Waals surface area contributed by atoms with Crippen LogP contribution in [0.25, 0.3) is 16.9 Å². The van der Waals surface area contributed by atoms with Crippen LogP contribution in [0.2, 0.25) is 0 Å². The average molecular weight is 447 g/mol. The third-order valence-corrected chi connectivity index (χ3v) is 5.90. The number of hydrogen-bond donors (Lipinski definition) is 1. The predicted molar refractivity (Wildman–Crippen MR) is 108 cm³/mol. The lowest BCUT2D eigenvalue weighted by Gasteiger charge is -2.18. The molecule has 0 amide bonds. The lowest BCUT2D eigenvalue weighted by atomic mass is 9.98. The molecule has 160 valence electrons. The van der Waals surface area contributed by atoms with Crippen molar-refractivity contribution in [2.24, 2.45) is 0 Å². The van der Waals surface area contributed by atoms with Gasteiger partial charge in [0.2, 0.25) is 0 Å². The van der Waals surface area contributed by atoms with Gasteiger partial charge in [0.05, 0.1) is 22.3 Å². The summed E-state index contributed by atoms with van der Waals surface area (Å²) in [5.74, 6) is -0.0617. The number of aromatic nitrogens is 2. The lowest BCUT2D eigenvalue weighted by molar-refractivity contribution is -0.137. The average Bonchev–Trinajstić information content (AvgIpc) is 3.16. The number of hydrogen-bond acceptors (Lipinski definition) is 4. The van der Waals surface area contributed by atoms with Crippen LogP contribution in [0.15, 0.2) is 78.0 Å². The van der Waals surface area contributed by atoms with Crippen molar-refractivity contribution in [2.45, 2.75) is 18.0 Å². The molecule has 1 N–H and O–H groups in total. The van der Waals surface area contributed by atoms with Crippen LogP contribution in [0.1, 0.15) is 11.1 Å². The minimum absolute atomic E-state index is 0.0402. The summed E-state index contributed by atoms with van der Waals surface area (Å²) in [6.07, 6.45) is -1.70. The summed E-state index contributed by atoms with van der Waals surface area (Å²) in [5.41, 5.74) is -0.245. The summed E-state index contributed by atoms with van der Waals surface area (Å²) in [6.45, 7) is 1.43. The van der Waals surface area contributed by atoms with Crippen LogP contribution in [-0.4, -0.2) is 17.8 Å². The van der Waals surface area contributed by atoms with Gasteiger partial charge in [-0.25, -0.2) is 13.4 Å². The molecule has 0 unspecified atom stereocenters. The van der Waals surface area contributed by atoms with Crippen molar-refractivity contribution >= 4 is 15.7 Å². The minimum Gasteiger partial charge on any atom is -0.393 e. The van der Waals surface area contributed by atoms with Gasteiger partial charge in [-0.05, 0) is 48.2 Å². The van der Waals surface area contributed by atoms with Gasteiger partial charge in [0, 0.05) is 17.3 Å². The first-order chi connectivity index (χ1) is 14.7. The van der Waals surface area contributed by atoms with Gasteiger partial charge in [-0.3, -0.25) is 4.40 Å². The summed E-state index contributed by atoms with van der Waals surface area (Å²) in [4.78, 5) is 11.3. The molecule has 4 rings (SSSR count). The van der Waals surface area contributed by atoms with Gasteiger partial charge >= 0.3 is 6.18 Å². The SMILES string of the molecule is Cc1c(ONS(=O)(=O)c2ccccc2)ccc(C(F)(F)F)c1-c1cnc2ccccn12. The number of nitrogens with one attached hydrogen (secondary N) is 1. The highest BCUT2D eigenvalue weighted by Gasteiger charge is 2.36. The van der Waals surface area contributed by atoms with Gasteiger partial charge < -0.3 is 4.84 Å². The van der Waals surface area contributed by atoms with E-state index in [0.29, 0.717) is 5.65 Å². The maximum absolute atomic E-state index is 13.8. The smallest absolute Gasteiger partial charge is 0.393 e. The molecular weight excluding hydrogens is 431 g/mol. The van der Waals surface area contributed by atoms with E-state index in [2.05, 4.69) is 4.98 Å². The number of rotatable bonds is 5. The van der Waals surface area contributed by atoms with Crippen molar-refractivity contribution in [1.82, 2.24) is 14.3 Å². The molecule has 0 aliphatic rings. The fourth-order valence-corrected chi connectivity index (χ4v) is 4.05. The Morgan fingerprint density at radius 1 is 1.00 bits per heavy atom. The number of halogens is 3. The molecule has 0 saturated carbocycles. The van der Waals surface area contributed by atoms with Crippen LogP contribution in [-0.2, 0) is 16.2 Å². The van der Waals surface area contributed by atoms with Crippen LogP contribution in [0.5, 0.6) is 5.75 Å². The summed E-state index contributed by atoms with van der Waals surface area (Å²) in [5, 5.41) is 0. The fourth-order valence-electron chi connectivity index (χ4n) is 3.23. The Bertz CT molecular complexity index is 1350. The van der Waals surface area contributed by atoms with E-state index in [0.717, 1.165) is 12.1 Å². The summed E-state index contributed by atoms with van der Waals surface area (Å²) >= 11 is 0. The second kappa shape index (κ2) is 7.71. The molecule has 4 aromatic rings. The Kier molecular flexibility index (Phi) is 5.19. The first-order valence-corrected chi connectivity index (χ1v) is 10.5. The van der Waals surface area contributed by atoms with Crippen molar-refractivity contribution in [1.29, 1.82) is 0 Å². The lowest BCUT2D eigenvalue weighted by Crippen LogP contribution is -2.27. The topological polar surface area (TPSA) is 72.7 Å². The number of imidazole rings is 1. The van der Waals surface area contributed by atoms with Gasteiger partial charge in [-0.1, -0.05) is 24.3 Å². The molecule has 31 heavy (non-hydrogen) atoms. The summed E-state index contributed by atoms with van der Waals surface area (Å²) in [6, 6.07) is 14.5.